The standard InChI is InChI=1S/C12H16N4O2/c13-11(18-12(14)15)9-3-1-2-4-10(9)16-5-7-17-8-6-16/h1-4,13H,5-8H2,(H3,14,15). The summed E-state index contributed by atoms with van der Waals surface area (Å²) in [6.07, 6.45) is 0. The normalized spacial score (nSPS) is 15.2. The minimum Gasteiger partial charge on any atom is -0.407 e. The molecule has 1 aromatic carbocycles. The highest BCUT2D eigenvalue weighted by Crippen LogP contribution is 2.22. The van der Waals surface area contributed by atoms with Gasteiger partial charge < -0.3 is 20.1 Å². The molecule has 0 aliphatic carbocycles. The van der Waals surface area contributed by atoms with Gasteiger partial charge in [-0.1, -0.05) is 12.1 Å². The van der Waals surface area contributed by atoms with Crippen molar-refractivity contribution in [2.24, 2.45) is 5.73 Å². The third kappa shape index (κ3) is 2.78. The number of morpholine rings is 1. The Balaban J connectivity index is 2.24. The molecule has 1 heterocycles. The third-order valence-corrected chi connectivity index (χ3v) is 2.71. The van der Waals surface area contributed by atoms with Crippen LogP contribution in [0.2, 0.25) is 0 Å². The van der Waals surface area contributed by atoms with Crippen LogP contribution in [0.3, 0.4) is 0 Å². The lowest BCUT2D eigenvalue weighted by Crippen LogP contribution is -2.37. The van der Waals surface area contributed by atoms with Gasteiger partial charge in [-0.3, -0.25) is 10.8 Å². The van der Waals surface area contributed by atoms with Crippen molar-refractivity contribution in [2.45, 2.75) is 0 Å². The maximum Gasteiger partial charge on any atom is 0.285 e. The summed E-state index contributed by atoms with van der Waals surface area (Å²) in [5.74, 6) is -0.107. The van der Waals surface area contributed by atoms with E-state index >= 15 is 0 Å². The summed E-state index contributed by atoms with van der Waals surface area (Å²) in [7, 11) is 0. The highest BCUT2D eigenvalue weighted by Gasteiger charge is 2.17. The second kappa shape index (κ2) is 5.50. The van der Waals surface area contributed by atoms with Gasteiger partial charge in [-0.05, 0) is 12.1 Å². The first-order valence-electron chi connectivity index (χ1n) is 5.71. The molecule has 1 saturated heterocycles. The quantitative estimate of drug-likeness (QED) is 0.532. The van der Waals surface area contributed by atoms with Gasteiger partial charge in [-0.15, -0.1) is 0 Å². The van der Waals surface area contributed by atoms with E-state index in [1.165, 1.54) is 0 Å². The van der Waals surface area contributed by atoms with Crippen LogP contribution in [0.1, 0.15) is 5.56 Å². The Morgan fingerprint density at radius 2 is 1.89 bits per heavy atom. The molecule has 0 spiro atoms. The average molecular weight is 248 g/mol. The van der Waals surface area contributed by atoms with Crippen LogP contribution in [0.25, 0.3) is 0 Å². The zero-order chi connectivity index (χ0) is 13.0. The molecule has 0 saturated carbocycles. The zero-order valence-corrected chi connectivity index (χ0v) is 9.98. The molecule has 6 heteroatoms. The van der Waals surface area contributed by atoms with Crippen molar-refractivity contribution in [2.75, 3.05) is 31.2 Å². The predicted octanol–water partition coefficient (Wildman–Crippen LogP) is 0.759. The molecule has 0 amide bonds. The van der Waals surface area contributed by atoms with E-state index in [9.17, 15) is 0 Å². The van der Waals surface area contributed by atoms with Crippen LogP contribution in [0, 0.1) is 10.8 Å². The molecule has 0 aromatic heterocycles. The highest BCUT2D eigenvalue weighted by molar-refractivity contribution is 6.02. The summed E-state index contributed by atoms with van der Waals surface area (Å²) in [6, 6.07) is 6.98. The Hall–Kier alpha value is -2.08. The van der Waals surface area contributed by atoms with Crippen molar-refractivity contribution in [1.82, 2.24) is 0 Å². The number of rotatable bonds is 2. The zero-order valence-electron chi connectivity index (χ0n) is 9.98. The number of ether oxygens (including phenoxy) is 2. The van der Waals surface area contributed by atoms with Crippen molar-refractivity contribution >= 4 is 17.6 Å². The summed E-state index contributed by atoms with van der Waals surface area (Å²) >= 11 is 0. The molecule has 2 rings (SSSR count). The van der Waals surface area contributed by atoms with E-state index in [1.807, 2.05) is 18.2 Å². The Labute approximate surface area is 105 Å². The van der Waals surface area contributed by atoms with Gasteiger partial charge in [0, 0.05) is 18.8 Å². The Morgan fingerprint density at radius 3 is 2.56 bits per heavy atom. The molecular weight excluding hydrogens is 232 g/mol. The number of anilines is 1. The van der Waals surface area contributed by atoms with Crippen molar-refractivity contribution in [3.05, 3.63) is 29.8 Å². The van der Waals surface area contributed by atoms with E-state index in [1.54, 1.807) is 6.07 Å². The number of nitrogens with one attached hydrogen (secondary N) is 2. The lowest BCUT2D eigenvalue weighted by molar-refractivity contribution is 0.122. The molecule has 4 N–H and O–H groups in total. The van der Waals surface area contributed by atoms with Crippen LogP contribution in [-0.4, -0.2) is 38.2 Å². The van der Waals surface area contributed by atoms with Crippen LogP contribution in [0.15, 0.2) is 24.3 Å². The minimum absolute atomic E-state index is 0.107. The van der Waals surface area contributed by atoms with Crippen LogP contribution in [0.4, 0.5) is 5.69 Å². The SMILES string of the molecule is N=C(N)OC(=N)c1ccccc1N1CCOCC1. The van der Waals surface area contributed by atoms with E-state index in [-0.39, 0.29) is 5.90 Å². The third-order valence-electron chi connectivity index (χ3n) is 2.71. The van der Waals surface area contributed by atoms with Crippen LogP contribution in [-0.2, 0) is 9.47 Å². The average Bonchev–Trinajstić information content (AvgIpc) is 2.39. The van der Waals surface area contributed by atoms with Crippen LogP contribution >= 0.6 is 0 Å². The van der Waals surface area contributed by atoms with Gasteiger partial charge in [0.15, 0.2) is 0 Å². The molecule has 0 atom stereocenters. The molecular formula is C12H16N4O2. The first kappa shape index (κ1) is 12.4. The van der Waals surface area contributed by atoms with Gasteiger partial charge in [-0.2, -0.15) is 0 Å². The monoisotopic (exact) mass is 248 g/mol. The number of hydrogen-bond acceptors (Lipinski definition) is 5. The number of benzene rings is 1. The topological polar surface area (TPSA) is 95.4 Å². The summed E-state index contributed by atoms with van der Waals surface area (Å²) in [4.78, 5) is 2.14. The van der Waals surface area contributed by atoms with Gasteiger partial charge in [0.05, 0.1) is 18.8 Å². The number of hydrogen-bond donors (Lipinski definition) is 3. The molecule has 6 nitrogen and oxygen atoms in total. The minimum atomic E-state index is -0.475. The molecule has 1 fully saturated rings. The predicted molar refractivity (Wildman–Crippen MR) is 69.3 cm³/mol. The van der Waals surface area contributed by atoms with Crippen molar-refractivity contribution in [3.63, 3.8) is 0 Å². The first-order valence-corrected chi connectivity index (χ1v) is 5.71. The van der Waals surface area contributed by atoms with Gasteiger partial charge in [0.25, 0.3) is 6.02 Å². The van der Waals surface area contributed by atoms with Gasteiger partial charge in [0.2, 0.25) is 5.90 Å². The van der Waals surface area contributed by atoms with E-state index in [0.717, 1.165) is 18.8 Å². The highest BCUT2D eigenvalue weighted by atomic mass is 16.5. The maximum atomic E-state index is 7.82. The van der Waals surface area contributed by atoms with E-state index in [2.05, 4.69) is 4.90 Å². The van der Waals surface area contributed by atoms with Crippen molar-refractivity contribution in [1.29, 1.82) is 10.8 Å². The fraction of sp³-hybridized carbons (Fsp3) is 0.333. The maximum absolute atomic E-state index is 7.82. The Bertz CT molecular complexity index is 455. The lowest BCUT2D eigenvalue weighted by Gasteiger charge is -2.30. The molecule has 1 aromatic rings. The molecule has 0 bridgehead atoms. The van der Waals surface area contributed by atoms with Crippen molar-refractivity contribution < 1.29 is 9.47 Å². The summed E-state index contributed by atoms with van der Waals surface area (Å²) < 4.78 is 10.2. The molecule has 1 aliphatic heterocycles. The lowest BCUT2D eigenvalue weighted by atomic mass is 10.1. The van der Waals surface area contributed by atoms with E-state index < -0.39 is 6.02 Å². The number of amidine groups is 1. The molecule has 0 unspecified atom stereocenters. The fourth-order valence-electron chi connectivity index (χ4n) is 1.91. The smallest absolute Gasteiger partial charge is 0.285 e. The Morgan fingerprint density at radius 1 is 1.22 bits per heavy atom. The van der Waals surface area contributed by atoms with E-state index in [0.29, 0.717) is 18.8 Å². The number of nitrogens with two attached hydrogens (primary N) is 1. The second-order valence-corrected chi connectivity index (χ2v) is 3.91. The number of para-hydroxylation sites is 1. The fourth-order valence-corrected chi connectivity index (χ4v) is 1.91. The molecule has 96 valence electrons. The first-order chi connectivity index (χ1) is 8.68. The largest absolute Gasteiger partial charge is 0.407 e. The van der Waals surface area contributed by atoms with Gasteiger partial charge >= 0.3 is 0 Å². The van der Waals surface area contributed by atoms with Crippen LogP contribution in [0.5, 0.6) is 0 Å². The van der Waals surface area contributed by atoms with Gasteiger partial charge in [-0.25, -0.2) is 0 Å². The van der Waals surface area contributed by atoms with Crippen LogP contribution < -0.4 is 10.6 Å². The summed E-state index contributed by atoms with van der Waals surface area (Å²) in [6.45, 7) is 2.92. The van der Waals surface area contributed by atoms with Crippen molar-refractivity contribution in [3.8, 4) is 0 Å². The Kier molecular flexibility index (Phi) is 3.78. The summed E-state index contributed by atoms with van der Waals surface area (Å²) in [5, 5.41) is 14.9. The summed E-state index contributed by atoms with van der Waals surface area (Å²) in [5.41, 5.74) is 6.69. The second-order valence-electron chi connectivity index (χ2n) is 3.91. The van der Waals surface area contributed by atoms with E-state index in [4.69, 9.17) is 26.0 Å². The van der Waals surface area contributed by atoms with Gasteiger partial charge in [0.1, 0.15) is 0 Å². The molecule has 18 heavy (non-hydrogen) atoms. The molecule has 1 aliphatic rings. The number of nitrogens with zero attached hydrogens (tertiary/aromatic N) is 1. The molecule has 0 radical (unpaired) electrons.